The Kier molecular flexibility index (Phi) is 6.03. The summed E-state index contributed by atoms with van der Waals surface area (Å²) in [4.78, 5) is 11.3. The molecule has 0 aliphatic heterocycles. The molecule has 0 aliphatic rings. The van der Waals surface area contributed by atoms with Gasteiger partial charge in [0.05, 0.1) is 0 Å². The topological polar surface area (TPSA) is 53.2 Å². The summed E-state index contributed by atoms with van der Waals surface area (Å²) < 4.78 is 0. The van der Waals surface area contributed by atoms with Crippen molar-refractivity contribution in [1.82, 2.24) is 16.0 Å². The number of nitrogens with one attached hydrogen (secondary N) is 3. The molecule has 0 unspecified atom stereocenters. The first kappa shape index (κ1) is 12.5. The summed E-state index contributed by atoms with van der Waals surface area (Å²) in [6, 6.07) is 9.74. The second-order valence-corrected chi connectivity index (χ2v) is 3.55. The van der Waals surface area contributed by atoms with Gasteiger partial charge in [0.25, 0.3) is 0 Å². The third kappa shape index (κ3) is 5.36. The third-order valence-corrected chi connectivity index (χ3v) is 2.19. The van der Waals surface area contributed by atoms with Crippen LogP contribution in [-0.4, -0.2) is 26.2 Å². The fourth-order valence-electron chi connectivity index (χ4n) is 1.31. The van der Waals surface area contributed by atoms with E-state index < -0.39 is 0 Å². The van der Waals surface area contributed by atoms with E-state index in [1.807, 2.05) is 37.4 Å². The second-order valence-electron chi connectivity index (χ2n) is 3.55. The van der Waals surface area contributed by atoms with Gasteiger partial charge in [-0.25, -0.2) is 4.79 Å². The quantitative estimate of drug-likeness (QED) is 0.630. The zero-order chi connectivity index (χ0) is 11.6. The molecular formula is C12H19N3O. The Balaban J connectivity index is 2.11. The molecule has 4 nitrogen and oxygen atoms in total. The smallest absolute Gasteiger partial charge is 0.315 e. The molecule has 0 radical (unpaired) electrons. The minimum absolute atomic E-state index is 0.111. The van der Waals surface area contributed by atoms with E-state index >= 15 is 0 Å². The zero-order valence-electron chi connectivity index (χ0n) is 9.62. The second kappa shape index (κ2) is 7.70. The Morgan fingerprint density at radius 2 is 1.88 bits per heavy atom. The highest BCUT2D eigenvalue weighted by atomic mass is 16.2. The molecule has 0 saturated carbocycles. The fraction of sp³-hybridized carbons (Fsp3) is 0.417. The lowest BCUT2D eigenvalue weighted by molar-refractivity contribution is 0.240. The van der Waals surface area contributed by atoms with Crippen LogP contribution >= 0.6 is 0 Å². The molecule has 1 aromatic rings. The van der Waals surface area contributed by atoms with Crippen LogP contribution in [0.15, 0.2) is 30.3 Å². The van der Waals surface area contributed by atoms with E-state index in [2.05, 4.69) is 16.0 Å². The van der Waals surface area contributed by atoms with Crippen molar-refractivity contribution in [2.45, 2.75) is 13.0 Å². The lowest BCUT2D eigenvalue weighted by atomic mass is 10.2. The summed E-state index contributed by atoms with van der Waals surface area (Å²) in [5.41, 5.74) is 1.10. The van der Waals surface area contributed by atoms with Crippen LogP contribution in [0, 0.1) is 0 Å². The van der Waals surface area contributed by atoms with Gasteiger partial charge in [-0.3, -0.25) is 0 Å². The van der Waals surface area contributed by atoms with E-state index in [0.717, 1.165) is 18.5 Å². The fourth-order valence-corrected chi connectivity index (χ4v) is 1.31. The largest absolute Gasteiger partial charge is 0.338 e. The SMILES string of the molecule is CNCCCNC(=O)NCc1ccccc1. The summed E-state index contributed by atoms with van der Waals surface area (Å²) in [6.45, 7) is 2.18. The van der Waals surface area contributed by atoms with Crippen molar-refractivity contribution in [2.75, 3.05) is 20.1 Å². The normalized spacial score (nSPS) is 9.81. The Hall–Kier alpha value is -1.55. The van der Waals surface area contributed by atoms with E-state index in [9.17, 15) is 4.79 Å². The van der Waals surface area contributed by atoms with Gasteiger partial charge in [-0.05, 0) is 25.6 Å². The minimum atomic E-state index is -0.111. The van der Waals surface area contributed by atoms with Gasteiger partial charge in [-0.15, -0.1) is 0 Å². The number of benzene rings is 1. The average Bonchev–Trinajstić information content (AvgIpc) is 2.33. The van der Waals surface area contributed by atoms with Crippen molar-refractivity contribution in [3.05, 3.63) is 35.9 Å². The maximum atomic E-state index is 11.3. The van der Waals surface area contributed by atoms with Crippen LogP contribution in [0.25, 0.3) is 0 Å². The van der Waals surface area contributed by atoms with Gasteiger partial charge in [-0.1, -0.05) is 30.3 Å². The first-order valence-electron chi connectivity index (χ1n) is 5.53. The van der Waals surface area contributed by atoms with Crippen LogP contribution in [0.3, 0.4) is 0 Å². The molecule has 1 aromatic carbocycles. The molecule has 4 heteroatoms. The van der Waals surface area contributed by atoms with Crippen molar-refractivity contribution >= 4 is 6.03 Å². The highest BCUT2D eigenvalue weighted by Gasteiger charge is 1.98. The van der Waals surface area contributed by atoms with Crippen molar-refractivity contribution in [1.29, 1.82) is 0 Å². The molecule has 0 bridgehead atoms. The predicted octanol–water partition coefficient (Wildman–Crippen LogP) is 1.10. The molecule has 2 amide bonds. The maximum absolute atomic E-state index is 11.3. The molecule has 0 saturated heterocycles. The van der Waals surface area contributed by atoms with Gasteiger partial charge >= 0.3 is 6.03 Å². The molecule has 0 aromatic heterocycles. The summed E-state index contributed by atoms with van der Waals surface area (Å²) >= 11 is 0. The molecule has 88 valence electrons. The van der Waals surface area contributed by atoms with Gasteiger partial charge in [0, 0.05) is 13.1 Å². The van der Waals surface area contributed by atoms with Crippen molar-refractivity contribution in [3.63, 3.8) is 0 Å². The number of rotatable bonds is 6. The minimum Gasteiger partial charge on any atom is -0.338 e. The van der Waals surface area contributed by atoms with Gasteiger partial charge in [0.2, 0.25) is 0 Å². The van der Waals surface area contributed by atoms with Crippen LogP contribution in [0.1, 0.15) is 12.0 Å². The predicted molar refractivity (Wildman–Crippen MR) is 65.2 cm³/mol. The molecule has 0 spiro atoms. The first-order valence-corrected chi connectivity index (χ1v) is 5.53. The van der Waals surface area contributed by atoms with E-state index in [0.29, 0.717) is 13.1 Å². The standard InChI is InChI=1S/C12H19N3O/c1-13-8-5-9-14-12(16)15-10-11-6-3-2-4-7-11/h2-4,6-7,13H,5,8-10H2,1H3,(H2,14,15,16). The third-order valence-electron chi connectivity index (χ3n) is 2.19. The maximum Gasteiger partial charge on any atom is 0.315 e. The van der Waals surface area contributed by atoms with Crippen LogP contribution in [0.2, 0.25) is 0 Å². The summed E-state index contributed by atoms with van der Waals surface area (Å²) in [7, 11) is 1.90. The van der Waals surface area contributed by atoms with Crippen LogP contribution in [0.5, 0.6) is 0 Å². The number of hydrogen-bond donors (Lipinski definition) is 3. The number of carbonyl (C=O) groups excluding carboxylic acids is 1. The van der Waals surface area contributed by atoms with Crippen molar-refractivity contribution < 1.29 is 4.79 Å². The molecule has 0 atom stereocenters. The molecule has 16 heavy (non-hydrogen) atoms. The zero-order valence-corrected chi connectivity index (χ0v) is 9.62. The van der Waals surface area contributed by atoms with Crippen LogP contribution in [-0.2, 0) is 6.54 Å². The molecular weight excluding hydrogens is 202 g/mol. The number of amides is 2. The number of carbonyl (C=O) groups is 1. The average molecular weight is 221 g/mol. The van der Waals surface area contributed by atoms with Gasteiger partial charge in [-0.2, -0.15) is 0 Å². The Morgan fingerprint density at radius 1 is 1.12 bits per heavy atom. The van der Waals surface area contributed by atoms with Crippen LogP contribution in [0.4, 0.5) is 4.79 Å². The highest BCUT2D eigenvalue weighted by Crippen LogP contribution is 1.96. The first-order chi connectivity index (χ1) is 7.83. The van der Waals surface area contributed by atoms with Gasteiger partial charge in [0.15, 0.2) is 0 Å². The highest BCUT2D eigenvalue weighted by molar-refractivity contribution is 5.73. The Bertz CT molecular complexity index is 300. The molecule has 0 heterocycles. The summed E-state index contributed by atoms with van der Waals surface area (Å²) in [5, 5.41) is 8.63. The Morgan fingerprint density at radius 3 is 2.56 bits per heavy atom. The Labute approximate surface area is 96.4 Å². The number of urea groups is 1. The van der Waals surface area contributed by atoms with Crippen LogP contribution < -0.4 is 16.0 Å². The van der Waals surface area contributed by atoms with E-state index in [4.69, 9.17) is 0 Å². The van der Waals surface area contributed by atoms with Crippen molar-refractivity contribution in [2.24, 2.45) is 0 Å². The summed E-state index contributed by atoms with van der Waals surface area (Å²) in [5.74, 6) is 0. The lowest BCUT2D eigenvalue weighted by Gasteiger charge is -2.07. The van der Waals surface area contributed by atoms with E-state index in [-0.39, 0.29) is 6.03 Å². The molecule has 3 N–H and O–H groups in total. The van der Waals surface area contributed by atoms with Gasteiger partial charge < -0.3 is 16.0 Å². The van der Waals surface area contributed by atoms with Gasteiger partial charge in [0.1, 0.15) is 0 Å². The van der Waals surface area contributed by atoms with Crippen molar-refractivity contribution in [3.8, 4) is 0 Å². The van der Waals surface area contributed by atoms with E-state index in [1.165, 1.54) is 0 Å². The summed E-state index contributed by atoms with van der Waals surface area (Å²) in [6.07, 6.45) is 0.940. The number of hydrogen-bond acceptors (Lipinski definition) is 2. The lowest BCUT2D eigenvalue weighted by Crippen LogP contribution is -2.36. The molecule has 0 aliphatic carbocycles. The monoisotopic (exact) mass is 221 g/mol. The molecule has 0 fully saturated rings. The molecule has 1 rings (SSSR count). The van der Waals surface area contributed by atoms with E-state index in [1.54, 1.807) is 0 Å².